The lowest BCUT2D eigenvalue weighted by Crippen LogP contribution is -2.02. The summed E-state index contributed by atoms with van der Waals surface area (Å²) in [5.74, 6) is 0.338. The van der Waals surface area contributed by atoms with Crippen molar-refractivity contribution in [2.24, 2.45) is 5.92 Å². The van der Waals surface area contributed by atoms with E-state index in [4.69, 9.17) is 0 Å². The highest BCUT2D eigenvalue weighted by molar-refractivity contribution is 9.10. The normalized spacial score (nSPS) is 15.2. The topological polar surface area (TPSA) is 0 Å². The summed E-state index contributed by atoms with van der Waals surface area (Å²) in [6.07, 6.45) is 1.10. The van der Waals surface area contributed by atoms with Crippen LogP contribution in [0, 0.1) is 11.7 Å². The van der Waals surface area contributed by atoms with Crippen LogP contribution in [-0.4, -0.2) is 0 Å². The first-order valence-corrected chi connectivity index (χ1v) is 6.36. The highest BCUT2D eigenvalue weighted by Crippen LogP contribution is 2.34. The predicted octanol–water partition coefficient (Wildman–Crippen LogP) is 5.07. The molecule has 0 saturated carbocycles. The molecule has 0 heterocycles. The molecule has 14 heavy (non-hydrogen) atoms. The van der Waals surface area contributed by atoms with Gasteiger partial charge in [-0.2, -0.15) is 0 Å². The highest BCUT2D eigenvalue weighted by Gasteiger charge is 2.15. The lowest BCUT2D eigenvalue weighted by Gasteiger charge is -2.17. The van der Waals surface area contributed by atoms with Gasteiger partial charge < -0.3 is 0 Å². The minimum absolute atomic E-state index is 0.211. The predicted molar refractivity (Wildman–Crippen MR) is 65.2 cm³/mol. The summed E-state index contributed by atoms with van der Waals surface area (Å²) >= 11 is 6.82. The number of hydrogen-bond acceptors (Lipinski definition) is 0. The van der Waals surface area contributed by atoms with Gasteiger partial charge in [-0.05, 0) is 39.5 Å². The molecule has 1 rings (SSSR count). The zero-order chi connectivity index (χ0) is 10.7. The Labute approximate surface area is 101 Å². The van der Waals surface area contributed by atoms with E-state index in [1.807, 2.05) is 12.1 Å². The smallest absolute Gasteiger partial charge is 0.137 e. The van der Waals surface area contributed by atoms with Crippen molar-refractivity contribution in [1.82, 2.24) is 0 Å². The molecule has 78 valence electrons. The Balaban J connectivity index is 2.91. The molecular formula is C11H13Br2F. The maximum absolute atomic E-state index is 13.0. The molecule has 0 bridgehead atoms. The first-order chi connectivity index (χ1) is 6.56. The third-order valence-corrected chi connectivity index (χ3v) is 4.44. The van der Waals surface area contributed by atoms with E-state index in [9.17, 15) is 4.39 Å². The van der Waals surface area contributed by atoms with Gasteiger partial charge in [-0.1, -0.05) is 42.3 Å². The van der Waals surface area contributed by atoms with E-state index >= 15 is 0 Å². The number of alkyl halides is 1. The Morgan fingerprint density at radius 1 is 1.43 bits per heavy atom. The molecular weight excluding hydrogens is 311 g/mol. The largest absolute Gasteiger partial charge is 0.206 e. The van der Waals surface area contributed by atoms with Crippen LogP contribution in [0.3, 0.4) is 0 Å². The van der Waals surface area contributed by atoms with E-state index in [0.717, 1.165) is 12.0 Å². The van der Waals surface area contributed by atoms with Crippen LogP contribution in [0.1, 0.15) is 30.7 Å². The molecule has 0 spiro atoms. The molecule has 0 radical (unpaired) electrons. The maximum atomic E-state index is 13.0. The minimum atomic E-state index is -0.211. The summed E-state index contributed by atoms with van der Waals surface area (Å²) in [5.41, 5.74) is 1.12. The van der Waals surface area contributed by atoms with Crippen molar-refractivity contribution in [3.63, 3.8) is 0 Å². The van der Waals surface area contributed by atoms with Gasteiger partial charge in [0.25, 0.3) is 0 Å². The second-order valence-electron chi connectivity index (χ2n) is 3.46. The Bertz CT molecular complexity index is 312. The van der Waals surface area contributed by atoms with Gasteiger partial charge in [0.15, 0.2) is 0 Å². The zero-order valence-electron chi connectivity index (χ0n) is 8.23. The molecule has 0 aromatic heterocycles. The molecule has 0 aliphatic carbocycles. The summed E-state index contributed by atoms with van der Waals surface area (Å²) in [4.78, 5) is 0.296. The van der Waals surface area contributed by atoms with E-state index < -0.39 is 0 Å². The van der Waals surface area contributed by atoms with Crippen molar-refractivity contribution in [2.75, 3.05) is 0 Å². The van der Waals surface area contributed by atoms with Crippen LogP contribution in [0.2, 0.25) is 0 Å². The monoisotopic (exact) mass is 322 g/mol. The Kier molecular flexibility index (Phi) is 4.58. The summed E-state index contributed by atoms with van der Waals surface area (Å²) in [7, 11) is 0. The number of benzene rings is 1. The molecule has 2 atom stereocenters. The van der Waals surface area contributed by atoms with Crippen molar-refractivity contribution < 1.29 is 4.39 Å². The average Bonchev–Trinajstić information content (AvgIpc) is 2.20. The second kappa shape index (κ2) is 5.26. The van der Waals surface area contributed by atoms with Gasteiger partial charge in [-0.25, -0.2) is 4.39 Å². The van der Waals surface area contributed by atoms with Crippen molar-refractivity contribution in [3.05, 3.63) is 34.1 Å². The number of halogens is 3. The van der Waals surface area contributed by atoms with E-state index in [1.54, 1.807) is 0 Å². The Morgan fingerprint density at radius 3 is 2.57 bits per heavy atom. The van der Waals surface area contributed by atoms with Crippen molar-refractivity contribution in [3.8, 4) is 0 Å². The van der Waals surface area contributed by atoms with E-state index in [2.05, 4.69) is 45.7 Å². The zero-order valence-corrected chi connectivity index (χ0v) is 11.4. The van der Waals surface area contributed by atoms with Crippen molar-refractivity contribution in [1.29, 1.82) is 0 Å². The second-order valence-corrected chi connectivity index (χ2v) is 5.30. The molecule has 0 aliphatic rings. The SMILES string of the molecule is CCC(C)C(Br)c1ccc(F)c(Br)c1. The molecule has 0 N–H and O–H groups in total. The minimum Gasteiger partial charge on any atom is -0.206 e. The van der Waals surface area contributed by atoms with Gasteiger partial charge in [-0.3, -0.25) is 0 Å². The first-order valence-electron chi connectivity index (χ1n) is 4.65. The van der Waals surface area contributed by atoms with Crippen molar-refractivity contribution >= 4 is 31.9 Å². The molecule has 1 aromatic carbocycles. The fourth-order valence-corrected chi connectivity index (χ4v) is 2.27. The van der Waals surface area contributed by atoms with Crippen molar-refractivity contribution in [2.45, 2.75) is 25.1 Å². The highest BCUT2D eigenvalue weighted by atomic mass is 79.9. The Morgan fingerprint density at radius 2 is 2.07 bits per heavy atom. The number of rotatable bonds is 3. The van der Waals surface area contributed by atoms with Gasteiger partial charge >= 0.3 is 0 Å². The van der Waals surface area contributed by atoms with Gasteiger partial charge in [0.05, 0.1) is 4.47 Å². The fourth-order valence-electron chi connectivity index (χ4n) is 1.22. The van der Waals surface area contributed by atoms with Gasteiger partial charge in [-0.15, -0.1) is 0 Å². The van der Waals surface area contributed by atoms with Crippen LogP contribution in [0.5, 0.6) is 0 Å². The van der Waals surface area contributed by atoms with Crippen LogP contribution in [-0.2, 0) is 0 Å². The third-order valence-electron chi connectivity index (χ3n) is 2.41. The molecule has 0 nitrogen and oxygen atoms in total. The van der Waals surface area contributed by atoms with Gasteiger partial charge in [0.2, 0.25) is 0 Å². The lowest BCUT2D eigenvalue weighted by atomic mass is 9.99. The average molecular weight is 324 g/mol. The molecule has 3 heteroatoms. The molecule has 2 unspecified atom stereocenters. The Hall–Kier alpha value is 0.110. The number of hydrogen-bond donors (Lipinski definition) is 0. The van der Waals surface area contributed by atoms with Crippen LogP contribution in [0.15, 0.2) is 22.7 Å². The molecule has 1 aromatic rings. The standard InChI is InChI=1S/C11H13Br2F/c1-3-7(2)11(13)8-4-5-10(14)9(12)6-8/h4-7,11H,3H2,1-2H3. The first kappa shape index (κ1) is 12.2. The van der Waals surface area contributed by atoms with E-state index in [0.29, 0.717) is 15.2 Å². The third kappa shape index (κ3) is 2.80. The molecule has 0 amide bonds. The van der Waals surface area contributed by atoms with Gasteiger partial charge in [0.1, 0.15) is 5.82 Å². The molecule has 0 fully saturated rings. The molecule has 0 saturated heterocycles. The quantitative estimate of drug-likeness (QED) is 0.681. The maximum Gasteiger partial charge on any atom is 0.137 e. The fraction of sp³-hybridized carbons (Fsp3) is 0.455. The van der Waals surface area contributed by atoms with E-state index in [1.165, 1.54) is 6.07 Å². The summed E-state index contributed by atoms with van der Waals surface area (Å²) < 4.78 is 13.5. The summed E-state index contributed by atoms with van der Waals surface area (Å²) in [6, 6.07) is 5.16. The summed E-state index contributed by atoms with van der Waals surface area (Å²) in [6.45, 7) is 4.33. The van der Waals surface area contributed by atoms with Crippen LogP contribution < -0.4 is 0 Å². The van der Waals surface area contributed by atoms with E-state index in [-0.39, 0.29) is 5.82 Å². The van der Waals surface area contributed by atoms with Crippen LogP contribution in [0.4, 0.5) is 4.39 Å². The van der Waals surface area contributed by atoms with Crippen LogP contribution in [0.25, 0.3) is 0 Å². The molecule has 0 aliphatic heterocycles. The van der Waals surface area contributed by atoms with Gasteiger partial charge in [0, 0.05) is 4.83 Å². The lowest BCUT2D eigenvalue weighted by molar-refractivity contribution is 0.553. The van der Waals surface area contributed by atoms with Crippen LogP contribution >= 0.6 is 31.9 Å². The summed E-state index contributed by atoms with van der Waals surface area (Å²) in [5, 5.41) is 0.